The summed E-state index contributed by atoms with van der Waals surface area (Å²) < 4.78 is 338. The Kier molecular flexibility index (Phi) is 47.5. The second kappa shape index (κ2) is 47.4. The predicted molar refractivity (Wildman–Crippen MR) is 431 cm³/mol. The zero-order valence-corrected chi connectivity index (χ0v) is 77.5. The van der Waals surface area contributed by atoms with Gasteiger partial charge in [-0.2, -0.15) is 119 Å². The van der Waals surface area contributed by atoms with Crippen molar-refractivity contribution in [2.75, 3.05) is 0 Å². The highest BCUT2D eigenvalue weighted by molar-refractivity contribution is 5.03. The van der Waals surface area contributed by atoms with E-state index >= 15 is 0 Å². The van der Waals surface area contributed by atoms with Gasteiger partial charge < -0.3 is 0 Å². The first-order chi connectivity index (χ1) is 52.9. The van der Waals surface area contributed by atoms with Crippen LogP contribution in [0, 0.1) is 126 Å². The summed E-state index contributed by atoms with van der Waals surface area (Å²) in [6.07, 6.45) is -25.2. The Hall–Kier alpha value is -1.89. The molecule has 3 unspecified atom stereocenters. The van der Waals surface area contributed by atoms with Crippen molar-refractivity contribution in [1.29, 1.82) is 0 Å². The van der Waals surface area contributed by atoms with E-state index in [-0.39, 0.29) is 67.6 Å². The maximum absolute atomic E-state index is 13.0. The molecule has 0 aromatic heterocycles. The Labute approximate surface area is 701 Å². The fourth-order valence-electron chi connectivity index (χ4n) is 17.1. The maximum atomic E-state index is 13.0. The van der Waals surface area contributed by atoms with Gasteiger partial charge in [-0.05, 0) is 239 Å². The molecule has 0 saturated heterocycles. The zero-order valence-electron chi connectivity index (χ0n) is 77.5. The SMILES string of the molecule is CC(C)(C)C.CC(C)C(C)(C)C.CC1CCC(C(F)(F)F)(C(F)(F)F)CC1.CC1CCC(C(F)(F)F)CC1.CC1CCC2(CC1)CCC(C(F)(F)F)(C(F)(F)F)CC2.CC1CCCC(C(F)(F)F)[C@@H]1C.CCC(C)(C)C.CCCC(C)(C)C.C[C@@H]1CCCC(C(F)(F)F)C1.C[C@@H]1CCCCC1(C(F)(F)F)C(F)(F)F.C[C@H]1CC2CCC1(C)CC2. The summed E-state index contributed by atoms with van der Waals surface area (Å²) in [5.41, 5.74) is -7.87. The zero-order chi connectivity index (χ0) is 94.3. The van der Waals surface area contributed by atoms with Gasteiger partial charge in [-0.25, -0.2) is 0 Å². The summed E-state index contributed by atoms with van der Waals surface area (Å²) in [6, 6.07) is 0. The monoisotopic (exact) mass is 1780 g/mol. The van der Waals surface area contributed by atoms with Gasteiger partial charge in [0.25, 0.3) is 0 Å². The Morgan fingerprint density at radius 2 is 0.681 bits per heavy atom. The molecule has 1 spiro atoms. The molecule has 10 aliphatic rings. The highest BCUT2D eigenvalue weighted by Gasteiger charge is 2.74. The molecule has 0 radical (unpaired) electrons. The van der Waals surface area contributed by atoms with E-state index in [9.17, 15) is 119 Å². The summed E-state index contributed by atoms with van der Waals surface area (Å²) >= 11 is 0. The highest BCUT2D eigenvalue weighted by atomic mass is 19.5. The van der Waals surface area contributed by atoms with Crippen molar-refractivity contribution in [3.8, 4) is 0 Å². The molecule has 718 valence electrons. The van der Waals surface area contributed by atoms with Gasteiger partial charge in [-0.1, -0.05) is 257 Å². The molecule has 0 aliphatic heterocycles. The summed E-state index contributed by atoms with van der Waals surface area (Å²) in [7, 11) is 0. The number of rotatable bonds is 1. The lowest BCUT2D eigenvalue weighted by molar-refractivity contribution is -0.364. The third-order valence-corrected chi connectivity index (χ3v) is 28.0. The maximum Gasteiger partial charge on any atom is 0.403 e. The van der Waals surface area contributed by atoms with Gasteiger partial charge in [0.1, 0.15) is 0 Å². The third-order valence-electron chi connectivity index (χ3n) is 28.0. The van der Waals surface area contributed by atoms with Crippen LogP contribution in [0.2, 0.25) is 0 Å². The minimum Gasteiger partial charge on any atom is -0.171 e. The molecule has 0 aromatic carbocycles. The standard InChI is InChI=1S/C14H20F6.C10H18.2C9H12F6.C9H15F3.2C8H13F3.2C7H16.C6H14.C5H12/c1-10-2-4-11(5-3-10)6-8-12(9-7-11,13(15,16)17)14(18,19)20;1-8-7-9-3-5-10(8,2)6-4-9;1-6-2-4-7(5-3-6,8(10,11)12)9(13,14)15;1-6-4-2-3-5-7(6,8(10,11)12)9(13,14)15;1-6-4-3-5-8(7(6)2)9(10,11)12;1-6-2-4-7(5-3-6)8(9,10)11;1-6-3-2-4-7(5-6)8(9,10)11;1-6(2)7(3,4)5;1-5-6-7(2,3)4;1-5-6(2,3)4;1-5(2,3)4/h10H,2-9H2,1H3;8-9H,3-7H2,1-2H3;2*6H,2-5H2,1H3;6-8H,3-5H2,1-2H3;2*6-7H,2-5H2,1H3;6H,1-5H3;5-6H2,1-4H3;5H2,1-4H3;1-4H3/t;8-,9?,10?;;6-;6?,7-,8?;;6-,7?;;;;/m.0.11.1..../s1. The Balaban J connectivity index is 0. The van der Waals surface area contributed by atoms with Crippen LogP contribution in [-0.2, 0) is 0 Å². The molecule has 10 aliphatic carbocycles. The van der Waals surface area contributed by atoms with Crippen LogP contribution in [0.15, 0.2) is 0 Å². The Morgan fingerprint density at radius 1 is 0.319 bits per heavy atom. The van der Waals surface area contributed by atoms with Gasteiger partial charge in [0.15, 0.2) is 16.2 Å². The number of fused-ring (bicyclic) bond motifs is 3. The van der Waals surface area contributed by atoms with Crippen molar-refractivity contribution in [3.05, 3.63) is 0 Å². The highest BCUT2D eigenvalue weighted by Crippen LogP contribution is 2.65. The average Bonchev–Trinajstić information content (AvgIpc) is 0.749. The molecule has 2 bridgehead atoms. The molecule has 0 nitrogen and oxygen atoms in total. The number of hydrogen-bond acceptors (Lipinski definition) is 0. The molecular weight excluding hydrogens is 1620 g/mol. The quantitative estimate of drug-likeness (QED) is 0.230. The molecule has 0 heterocycles. The van der Waals surface area contributed by atoms with Gasteiger partial charge in [0, 0.05) is 0 Å². The van der Waals surface area contributed by atoms with E-state index < -0.39 is 128 Å². The largest absolute Gasteiger partial charge is 0.403 e. The van der Waals surface area contributed by atoms with Crippen molar-refractivity contribution in [2.24, 2.45) is 126 Å². The fraction of sp³-hybridized carbons (Fsp3) is 1.00. The van der Waals surface area contributed by atoms with Crippen LogP contribution >= 0.6 is 0 Å². The smallest absolute Gasteiger partial charge is 0.171 e. The molecular formula is C92H161F27. The summed E-state index contributed by atoms with van der Waals surface area (Å²) in [5.74, 6) is -0.282. The van der Waals surface area contributed by atoms with Crippen molar-refractivity contribution >= 4 is 0 Å². The van der Waals surface area contributed by atoms with E-state index in [0.717, 1.165) is 94.3 Å². The summed E-state index contributed by atoms with van der Waals surface area (Å²) in [6.45, 7) is 55.3. The lowest BCUT2D eigenvalue weighted by atomic mass is 9.57. The number of halogens is 27. The molecule has 7 atom stereocenters. The molecule has 10 fully saturated rings. The molecule has 10 rings (SSSR count). The first kappa shape index (κ1) is 119. The molecule has 119 heavy (non-hydrogen) atoms. The predicted octanol–water partition coefficient (Wildman–Crippen LogP) is 38.1. The van der Waals surface area contributed by atoms with E-state index in [1.54, 1.807) is 13.8 Å². The van der Waals surface area contributed by atoms with E-state index in [1.807, 2.05) is 20.8 Å². The van der Waals surface area contributed by atoms with Crippen LogP contribution in [0.5, 0.6) is 0 Å². The van der Waals surface area contributed by atoms with Crippen molar-refractivity contribution in [1.82, 2.24) is 0 Å². The number of alkyl halides is 27. The minimum absolute atomic E-state index is 0.0106. The van der Waals surface area contributed by atoms with Gasteiger partial charge >= 0.3 is 55.6 Å². The molecule has 0 N–H and O–H groups in total. The first-order valence-corrected chi connectivity index (χ1v) is 44.5. The van der Waals surface area contributed by atoms with Crippen LogP contribution in [0.4, 0.5) is 119 Å². The minimum atomic E-state index is -5.20. The molecule has 27 heteroatoms. The van der Waals surface area contributed by atoms with E-state index in [4.69, 9.17) is 0 Å². The van der Waals surface area contributed by atoms with Gasteiger partial charge in [-0.3, -0.25) is 0 Å². The summed E-state index contributed by atoms with van der Waals surface area (Å²) in [5, 5.41) is 0. The Bertz CT molecular complexity index is 2600. The lowest BCUT2D eigenvalue weighted by Crippen LogP contribution is -2.55. The van der Waals surface area contributed by atoms with Crippen molar-refractivity contribution < 1.29 is 119 Å². The molecule has 0 amide bonds. The van der Waals surface area contributed by atoms with Crippen molar-refractivity contribution in [2.45, 2.75) is 460 Å². The van der Waals surface area contributed by atoms with Gasteiger partial charge in [0.05, 0.1) is 17.8 Å². The van der Waals surface area contributed by atoms with Crippen LogP contribution in [-0.4, -0.2) is 55.6 Å². The van der Waals surface area contributed by atoms with Gasteiger partial charge in [-0.15, -0.1) is 0 Å². The van der Waals surface area contributed by atoms with Crippen molar-refractivity contribution in [3.63, 3.8) is 0 Å². The van der Waals surface area contributed by atoms with Gasteiger partial charge in [0.2, 0.25) is 0 Å². The topological polar surface area (TPSA) is 0 Å². The first-order valence-electron chi connectivity index (χ1n) is 44.5. The fourth-order valence-corrected chi connectivity index (χ4v) is 17.1. The van der Waals surface area contributed by atoms with E-state index in [1.165, 1.54) is 51.4 Å². The second-order valence-corrected chi connectivity index (χ2v) is 43.5. The lowest BCUT2D eigenvalue weighted by Gasteiger charge is -2.49. The molecule has 10 saturated carbocycles. The van der Waals surface area contributed by atoms with E-state index in [0.29, 0.717) is 72.0 Å². The number of hydrogen-bond donors (Lipinski definition) is 0. The van der Waals surface area contributed by atoms with Crippen LogP contribution in [0.3, 0.4) is 0 Å². The second-order valence-electron chi connectivity index (χ2n) is 43.5. The normalized spacial score (nSPS) is 28.4. The van der Waals surface area contributed by atoms with E-state index in [2.05, 4.69) is 138 Å². The van der Waals surface area contributed by atoms with Crippen LogP contribution < -0.4 is 0 Å². The van der Waals surface area contributed by atoms with Crippen LogP contribution in [0.1, 0.15) is 405 Å². The Morgan fingerprint density at radius 3 is 0.933 bits per heavy atom. The third kappa shape index (κ3) is 41.4. The average molecular weight is 1780 g/mol. The van der Waals surface area contributed by atoms with Crippen LogP contribution in [0.25, 0.3) is 0 Å². The molecule has 0 aromatic rings. The summed E-state index contributed by atoms with van der Waals surface area (Å²) in [4.78, 5) is 0.